The summed E-state index contributed by atoms with van der Waals surface area (Å²) in [4.78, 5) is 2.50. The Hall–Kier alpha value is -0.640. The van der Waals surface area contributed by atoms with E-state index in [0.717, 1.165) is 37.2 Å². The Bertz CT molecular complexity index is 426. The van der Waals surface area contributed by atoms with E-state index in [9.17, 15) is 4.39 Å². The SMILES string of the molecule is CC(c1cccc(F)c1)N1CCC2NCCC2C1.Cl. The van der Waals surface area contributed by atoms with E-state index in [1.807, 2.05) is 12.1 Å². The summed E-state index contributed by atoms with van der Waals surface area (Å²) in [7, 11) is 0. The molecule has 1 N–H and O–H groups in total. The number of piperidine rings is 1. The maximum atomic E-state index is 13.3. The molecule has 2 aliphatic rings. The van der Waals surface area contributed by atoms with Gasteiger partial charge in [-0.15, -0.1) is 12.4 Å². The van der Waals surface area contributed by atoms with Crippen LogP contribution in [0.25, 0.3) is 0 Å². The van der Waals surface area contributed by atoms with Gasteiger partial charge in [0.1, 0.15) is 5.82 Å². The molecule has 2 fully saturated rings. The van der Waals surface area contributed by atoms with E-state index in [1.165, 1.54) is 18.9 Å². The van der Waals surface area contributed by atoms with Gasteiger partial charge in [0.05, 0.1) is 0 Å². The van der Waals surface area contributed by atoms with Gasteiger partial charge in [0.25, 0.3) is 0 Å². The highest BCUT2D eigenvalue weighted by Crippen LogP contribution is 2.30. The van der Waals surface area contributed by atoms with Gasteiger partial charge in [0.15, 0.2) is 0 Å². The Morgan fingerprint density at radius 3 is 3.00 bits per heavy atom. The quantitative estimate of drug-likeness (QED) is 0.898. The Labute approximate surface area is 120 Å². The molecule has 1 aromatic carbocycles. The molecule has 2 saturated heterocycles. The highest BCUT2D eigenvalue weighted by atomic mass is 35.5. The van der Waals surface area contributed by atoms with Crippen LogP contribution in [0, 0.1) is 11.7 Å². The molecule has 3 unspecified atom stereocenters. The zero-order chi connectivity index (χ0) is 12.5. The lowest BCUT2D eigenvalue weighted by atomic mass is 9.91. The molecule has 0 amide bonds. The fourth-order valence-corrected chi connectivity index (χ4v) is 3.40. The topological polar surface area (TPSA) is 15.3 Å². The molecule has 0 radical (unpaired) electrons. The third-order valence-corrected chi connectivity index (χ3v) is 4.57. The zero-order valence-corrected chi connectivity index (χ0v) is 12.1. The van der Waals surface area contributed by atoms with E-state index in [-0.39, 0.29) is 18.2 Å². The molecule has 1 aromatic rings. The monoisotopic (exact) mass is 284 g/mol. The van der Waals surface area contributed by atoms with Crippen LogP contribution in [0.4, 0.5) is 4.39 Å². The summed E-state index contributed by atoms with van der Waals surface area (Å²) < 4.78 is 13.3. The van der Waals surface area contributed by atoms with Crippen molar-refractivity contribution in [2.24, 2.45) is 5.92 Å². The first kappa shape index (κ1) is 14.8. The zero-order valence-electron chi connectivity index (χ0n) is 11.3. The van der Waals surface area contributed by atoms with Crippen molar-refractivity contribution < 1.29 is 4.39 Å². The lowest BCUT2D eigenvalue weighted by Gasteiger charge is -2.38. The lowest BCUT2D eigenvalue weighted by molar-refractivity contribution is 0.122. The molecule has 2 aliphatic heterocycles. The summed E-state index contributed by atoms with van der Waals surface area (Å²) in [5, 5.41) is 3.58. The largest absolute Gasteiger partial charge is 0.314 e. The van der Waals surface area contributed by atoms with Crippen LogP contribution in [0.15, 0.2) is 24.3 Å². The van der Waals surface area contributed by atoms with Crippen LogP contribution in [-0.2, 0) is 0 Å². The minimum atomic E-state index is -0.128. The van der Waals surface area contributed by atoms with Crippen molar-refractivity contribution in [3.63, 3.8) is 0 Å². The summed E-state index contributed by atoms with van der Waals surface area (Å²) in [6.45, 7) is 5.62. The predicted molar refractivity (Wildman–Crippen MR) is 78.2 cm³/mol. The fraction of sp³-hybridized carbons (Fsp3) is 0.600. The summed E-state index contributed by atoms with van der Waals surface area (Å²) in [5.41, 5.74) is 1.10. The van der Waals surface area contributed by atoms with E-state index in [2.05, 4.69) is 17.1 Å². The minimum Gasteiger partial charge on any atom is -0.314 e. The average molecular weight is 285 g/mol. The van der Waals surface area contributed by atoms with Crippen LogP contribution in [-0.4, -0.2) is 30.6 Å². The first-order valence-corrected chi connectivity index (χ1v) is 6.97. The number of likely N-dealkylation sites (tertiary alicyclic amines) is 1. The molecule has 106 valence electrons. The van der Waals surface area contributed by atoms with Crippen LogP contribution >= 0.6 is 12.4 Å². The summed E-state index contributed by atoms with van der Waals surface area (Å²) in [6.07, 6.45) is 2.52. The first-order valence-electron chi connectivity index (χ1n) is 6.97. The van der Waals surface area contributed by atoms with Crippen LogP contribution in [0.1, 0.15) is 31.4 Å². The number of halogens is 2. The Morgan fingerprint density at radius 2 is 2.21 bits per heavy atom. The van der Waals surface area contributed by atoms with Crippen LogP contribution in [0.5, 0.6) is 0 Å². The maximum absolute atomic E-state index is 13.3. The van der Waals surface area contributed by atoms with Crippen molar-refractivity contribution in [2.75, 3.05) is 19.6 Å². The van der Waals surface area contributed by atoms with Crippen molar-refractivity contribution >= 4 is 12.4 Å². The Morgan fingerprint density at radius 1 is 1.37 bits per heavy atom. The molecule has 4 heteroatoms. The number of hydrogen-bond donors (Lipinski definition) is 1. The second-order valence-electron chi connectivity index (χ2n) is 5.62. The molecule has 3 atom stereocenters. The number of nitrogens with one attached hydrogen (secondary N) is 1. The van der Waals surface area contributed by atoms with Gasteiger partial charge in [-0.1, -0.05) is 12.1 Å². The normalized spacial score (nSPS) is 28.5. The predicted octanol–water partition coefficient (Wildman–Crippen LogP) is 2.99. The molecule has 0 bridgehead atoms. The molecule has 3 rings (SSSR count). The van der Waals surface area contributed by atoms with E-state index in [1.54, 1.807) is 6.07 Å². The summed E-state index contributed by atoms with van der Waals surface area (Å²) in [6, 6.07) is 8.08. The highest BCUT2D eigenvalue weighted by Gasteiger charge is 2.34. The molecular formula is C15H22ClFN2. The van der Waals surface area contributed by atoms with Gasteiger partial charge >= 0.3 is 0 Å². The third kappa shape index (κ3) is 3.10. The lowest BCUT2D eigenvalue weighted by Crippen LogP contribution is -2.45. The molecule has 0 aliphatic carbocycles. The molecule has 0 saturated carbocycles. The van der Waals surface area contributed by atoms with Crippen LogP contribution < -0.4 is 5.32 Å². The van der Waals surface area contributed by atoms with E-state index >= 15 is 0 Å². The third-order valence-electron chi connectivity index (χ3n) is 4.57. The molecular weight excluding hydrogens is 263 g/mol. The van der Waals surface area contributed by atoms with Gasteiger partial charge in [0, 0.05) is 25.2 Å². The van der Waals surface area contributed by atoms with Crippen LogP contribution in [0.2, 0.25) is 0 Å². The smallest absolute Gasteiger partial charge is 0.123 e. The first-order chi connectivity index (χ1) is 8.74. The molecule has 2 heterocycles. The number of nitrogens with zero attached hydrogens (tertiary/aromatic N) is 1. The van der Waals surface area contributed by atoms with Crippen molar-refractivity contribution in [2.45, 2.75) is 31.8 Å². The Kier molecular flexibility index (Phi) is 4.82. The van der Waals surface area contributed by atoms with Crippen molar-refractivity contribution in [3.8, 4) is 0 Å². The number of rotatable bonds is 2. The van der Waals surface area contributed by atoms with Crippen molar-refractivity contribution in [1.29, 1.82) is 0 Å². The fourth-order valence-electron chi connectivity index (χ4n) is 3.40. The van der Waals surface area contributed by atoms with Crippen molar-refractivity contribution in [3.05, 3.63) is 35.6 Å². The number of benzene rings is 1. The van der Waals surface area contributed by atoms with Gasteiger partial charge in [-0.25, -0.2) is 4.39 Å². The van der Waals surface area contributed by atoms with Crippen LogP contribution in [0.3, 0.4) is 0 Å². The summed E-state index contributed by atoms with van der Waals surface area (Å²) in [5.74, 6) is 0.659. The molecule has 0 aromatic heterocycles. The molecule has 2 nitrogen and oxygen atoms in total. The van der Waals surface area contributed by atoms with Gasteiger partial charge in [-0.3, -0.25) is 4.90 Å². The standard InChI is InChI=1S/C15H21FN2.ClH/c1-11(12-3-2-4-14(16)9-12)18-8-6-15-13(10-18)5-7-17-15;/h2-4,9,11,13,15,17H,5-8,10H2,1H3;1H. The second-order valence-corrected chi connectivity index (χ2v) is 5.62. The second kappa shape index (κ2) is 6.21. The Balaban J connectivity index is 0.00000133. The van der Waals surface area contributed by atoms with Gasteiger partial charge in [-0.2, -0.15) is 0 Å². The summed E-state index contributed by atoms with van der Waals surface area (Å²) >= 11 is 0. The van der Waals surface area contributed by atoms with Gasteiger partial charge in [-0.05, 0) is 49.9 Å². The van der Waals surface area contributed by atoms with E-state index < -0.39 is 0 Å². The average Bonchev–Trinajstić information content (AvgIpc) is 2.85. The maximum Gasteiger partial charge on any atom is 0.123 e. The van der Waals surface area contributed by atoms with Crippen molar-refractivity contribution in [1.82, 2.24) is 10.2 Å². The number of hydrogen-bond acceptors (Lipinski definition) is 2. The minimum absolute atomic E-state index is 0. The molecule has 0 spiro atoms. The van der Waals surface area contributed by atoms with E-state index in [4.69, 9.17) is 0 Å². The van der Waals surface area contributed by atoms with Gasteiger partial charge < -0.3 is 5.32 Å². The molecule has 19 heavy (non-hydrogen) atoms. The number of fused-ring (bicyclic) bond motifs is 1. The van der Waals surface area contributed by atoms with E-state index in [0.29, 0.717) is 6.04 Å². The highest BCUT2D eigenvalue weighted by molar-refractivity contribution is 5.85. The van der Waals surface area contributed by atoms with Gasteiger partial charge in [0.2, 0.25) is 0 Å².